The molecule has 0 saturated heterocycles. The van der Waals surface area contributed by atoms with Gasteiger partial charge in [0.25, 0.3) is 0 Å². The van der Waals surface area contributed by atoms with Gasteiger partial charge in [-0.25, -0.2) is 4.98 Å². The van der Waals surface area contributed by atoms with E-state index in [1.807, 2.05) is 24.3 Å². The largest absolute Gasteiger partial charge is 0.481 e. The highest BCUT2D eigenvalue weighted by atomic mass is 16.5. The Kier molecular flexibility index (Phi) is 4.43. The van der Waals surface area contributed by atoms with Crippen LogP contribution in [0, 0.1) is 12.3 Å². The Labute approximate surface area is 140 Å². The third-order valence-electron chi connectivity index (χ3n) is 4.01. The van der Waals surface area contributed by atoms with E-state index >= 15 is 0 Å². The van der Waals surface area contributed by atoms with Crippen LogP contribution in [0.4, 0.5) is 5.69 Å². The molecule has 1 aromatic heterocycles. The summed E-state index contributed by atoms with van der Waals surface area (Å²) in [6, 6.07) is 7.50. The quantitative estimate of drug-likeness (QED) is 0.792. The van der Waals surface area contributed by atoms with Gasteiger partial charge in [0.1, 0.15) is 0 Å². The van der Waals surface area contributed by atoms with Crippen molar-refractivity contribution in [2.24, 2.45) is 10.2 Å². The molecule has 0 aliphatic carbocycles. The van der Waals surface area contributed by atoms with Gasteiger partial charge in [0, 0.05) is 43.0 Å². The van der Waals surface area contributed by atoms with Gasteiger partial charge in [0.05, 0.1) is 7.11 Å². The molecule has 0 unspecified atom stereocenters. The fourth-order valence-corrected chi connectivity index (χ4v) is 2.60. The molecular weight excluding hydrogens is 304 g/mol. The molecular formula is C18H18N4O2. The van der Waals surface area contributed by atoms with Crippen LogP contribution in [0.1, 0.15) is 25.7 Å². The molecule has 6 nitrogen and oxygen atoms in total. The highest BCUT2D eigenvalue weighted by Gasteiger charge is 2.39. The number of ether oxygens (including phenoxy) is 1. The lowest BCUT2D eigenvalue weighted by Crippen LogP contribution is -2.17. The number of terminal acetylenes is 1. The van der Waals surface area contributed by atoms with Gasteiger partial charge in [-0.3, -0.25) is 4.79 Å². The molecule has 24 heavy (non-hydrogen) atoms. The number of nitrogens with zero attached hydrogens (tertiary/aromatic N) is 3. The van der Waals surface area contributed by atoms with E-state index in [2.05, 4.69) is 26.4 Å². The Morgan fingerprint density at radius 3 is 2.88 bits per heavy atom. The normalized spacial score (nSPS) is 14.2. The van der Waals surface area contributed by atoms with Crippen LogP contribution in [0.2, 0.25) is 0 Å². The molecule has 2 aromatic rings. The number of aromatic nitrogens is 1. The Morgan fingerprint density at radius 2 is 2.17 bits per heavy atom. The van der Waals surface area contributed by atoms with Crippen molar-refractivity contribution in [2.45, 2.75) is 31.3 Å². The Balaban J connectivity index is 1.61. The van der Waals surface area contributed by atoms with E-state index in [9.17, 15) is 4.79 Å². The third kappa shape index (κ3) is 3.51. The number of hydrogen-bond donors (Lipinski definition) is 1. The average molecular weight is 322 g/mol. The van der Waals surface area contributed by atoms with Crippen molar-refractivity contribution in [2.75, 3.05) is 12.4 Å². The molecule has 6 heteroatoms. The number of nitrogens with one attached hydrogen (secondary N) is 1. The minimum atomic E-state index is -0.424. The van der Waals surface area contributed by atoms with Gasteiger partial charge >= 0.3 is 0 Å². The number of carbonyl (C=O) groups excluding carboxylic acids is 1. The van der Waals surface area contributed by atoms with Crippen LogP contribution in [-0.2, 0) is 4.79 Å². The maximum atomic E-state index is 12.1. The third-order valence-corrected chi connectivity index (χ3v) is 4.01. The number of fused-ring (bicyclic) bond motifs is 1. The SMILES string of the molecule is C#CCCC1(CCC(=O)Nc2ccc3c(OC)nccc3c2)N=N1. The Morgan fingerprint density at radius 1 is 1.33 bits per heavy atom. The number of methoxy groups -OCH3 is 1. The van der Waals surface area contributed by atoms with E-state index in [0.717, 1.165) is 16.5 Å². The second kappa shape index (κ2) is 6.67. The number of rotatable bonds is 7. The molecule has 0 spiro atoms. The van der Waals surface area contributed by atoms with Crippen molar-refractivity contribution in [3.05, 3.63) is 30.5 Å². The number of pyridine rings is 1. The number of benzene rings is 1. The zero-order chi connectivity index (χ0) is 17.0. The molecule has 3 rings (SSSR count). The van der Waals surface area contributed by atoms with Gasteiger partial charge in [-0.05, 0) is 29.7 Å². The van der Waals surface area contributed by atoms with Gasteiger partial charge in [-0.2, -0.15) is 10.2 Å². The minimum absolute atomic E-state index is 0.0623. The molecule has 122 valence electrons. The highest BCUT2D eigenvalue weighted by molar-refractivity contribution is 5.95. The molecule has 1 aliphatic heterocycles. The maximum absolute atomic E-state index is 12.1. The predicted octanol–water partition coefficient (Wildman–Crippen LogP) is 3.54. The first-order chi connectivity index (χ1) is 11.7. The summed E-state index contributed by atoms with van der Waals surface area (Å²) in [5.41, 5.74) is 0.315. The van der Waals surface area contributed by atoms with Crippen LogP contribution in [-0.4, -0.2) is 23.7 Å². The van der Waals surface area contributed by atoms with E-state index in [0.29, 0.717) is 31.6 Å². The Bertz CT molecular complexity index is 833. The van der Waals surface area contributed by atoms with Gasteiger partial charge in [-0.15, -0.1) is 12.3 Å². The standard InChI is InChI=1S/C18H18N4O2/c1-3-4-9-18(21-22-18)10-7-16(23)20-14-5-6-15-13(12-14)8-11-19-17(15)24-2/h1,5-6,8,11-12H,4,7,9-10H2,2H3,(H,20,23). The second-order valence-electron chi connectivity index (χ2n) is 5.69. The summed E-state index contributed by atoms with van der Waals surface area (Å²) < 4.78 is 5.23. The lowest BCUT2D eigenvalue weighted by molar-refractivity contribution is -0.116. The first kappa shape index (κ1) is 15.9. The summed E-state index contributed by atoms with van der Waals surface area (Å²) in [4.78, 5) is 16.3. The van der Waals surface area contributed by atoms with Crippen LogP contribution in [0.25, 0.3) is 10.8 Å². The van der Waals surface area contributed by atoms with E-state index in [4.69, 9.17) is 11.2 Å². The summed E-state index contributed by atoms with van der Waals surface area (Å²) in [5.74, 6) is 3.09. The van der Waals surface area contributed by atoms with Crippen LogP contribution < -0.4 is 10.1 Å². The smallest absolute Gasteiger partial charge is 0.224 e. The Hall–Kier alpha value is -2.94. The number of anilines is 1. The zero-order valence-electron chi connectivity index (χ0n) is 13.5. The predicted molar refractivity (Wildman–Crippen MR) is 91.8 cm³/mol. The zero-order valence-corrected chi connectivity index (χ0v) is 13.5. The van der Waals surface area contributed by atoms with Crippen molar-refractivity contribution < 1.29 is 9.53 Å². The molecule has 0 saturated carbocycles. The van der Waals surface area contributed by atoms with Gasteiger partial charge in [0.2, 0.25) is 11.8 Å². The van der Waals surface area contributed by atoms with E-state index in [1.54, 1.807) is 13.3 Å². The molecule has 2 heterocycles. The van der Waals surface area contributed by atoms with Crippen molar-refractivity contribution in [1.82, 2.24) is 4.98 Å². The number of carbonyl (C=O) groups is 1. The lowest BCUT2D eigenvalue weighted by Gasteiger charge is -2.10. The van der Waals surface area contributed by atoms with Crippen molar-refractivity contribution in [1.29, 1.82) is 0 Å². The summed E-state index contributed by atoms with van der Waals surface area (Å²) in [6.07, 6.45) is 9.21. The molecule has 0 fully saturated rings. The number of hydrogen-bond acceptors (Lipinski definition) is 5. The first-order valence-corrected chi connectivity index (χ1v) is 7.76. The lowest BCUT2D eigenvalue weighted by atomic mass is 10.0. The summed E-state index contributed by atoms with van der Waals surface area (Å²) in [5, 5.41) is 12.8. The summed E-state index contributed by atoms with van der Waals surface area (Å²) >= 11 is 0. The molecule has 1 aromatic carbocycles. The van der Waals surface area contributed by atoms with Crippen LogP contribution in [0.5, 0.6) is 5.88 Å². The van der Waals surface area contributed by atoms with E-state index < -0.39 is 5.66 Å². The fourth-order valence-electron chi connectivity index (χ4n) is 2.60. The first-order valence-electron chi connectivity index (χ1n) is 7.76. The molecule has 1 N–H and O–H groups in total. The van der Waals surface area contributed by atoms with Crippen LogP contribution in [0.15, 0.2) is 40.7 Å². The van der Waals surface area contributed by atoms with Gasteiger partial charge < -0.3 is 10.1 Å². The topological polar surface area (TPSA) is 75.9 Å². The van der Waals surface area contributed by atoms with Crippen LogP contribution >= 0.6 is 0 Å². The van der Waals surface area contributed by atoms with Gasteiger partial charge in [0.15, 0.2) is 5.66 Å². The van der Waals surface area contributed by atoms with E-state index in [1.165, 1.54) is 0 Å². The molecule has 0 atom stereocenters. The van der Waals surface area contributed by atoms with Crippen molar-refractivity contribution in [3.63, 3.8) is 0 Å². The number of amides is 1. The van der Waals surface area contributed by atoms with Crippen molar-refractivity contribution >= 4 is 22.4 Å². The maximum Gasteiger partial charge on any atom is 0.224 e. The second-order valence-corrected chi connectivity index (χ2v) is 5.69. The fraction of sp³-hybridized carbons (Fsp3) is 0.333. The molecule has 0 bridgehead atoms. The minimum Gasteiger partial charge on any atom is -0.481 e. The summed E-state index contributed by atoms with van der Waals surface area (Å²) in [6.45, 7) is 0. The van der Waals surface area contributed by atoms with Crippen molar-refractivity contribution in [3.8, 4) is 18.2 Å². The van der Waals surface area contributed by atoms with Gasteiger partial charge in [-0.1, -0.05) is 0 Å². The molecule has 1 amide bonds. The highest BCUT2D eigenvalue weighted by Crippen LogP contribution is 2.37. The molecule has 1 aliphatic rings. The summed E-state index contributed by atoms with van der Waals surface area (Å²) in [7, 11) is 1.58. The molecule has 0 radical (unpaired) electrons. The average Bonchev–Trinajstić information content (AvgIpc) is 3.38. The monoisotopic (exact) mass is 322 g/mol. The van der Waals surface area contributed by atoms with Crippen LogP contribution in [0.3, 0.4) is 0 Å². The van der Waals surface area contributed by atoms with E-state index in [-0.39, 0.29) is 5.91 Å².